The molecular weight excluding hydrogens is 474 g/mol. The summed E-state index contributed by atoms with van der Waals surface area (Å²) in [6, 6.07) is 0. The van der Waals surface area contributed by atoms with Crippen LogP contribution in [0.15, 0.2) is 0 Å². The number of nitrogens with zero attached hydrogens (tertiary/aromatic N) is 1. The third kappa shape index (κ3) is 14.8. The van der Waals surface area contributed by atoms with Crippen molar-refractivity contribution in [2.75, 3.05) is 7.05 Å². The van der Waals surface area contributed by atoms with Gasteiger partial charge in [0.2, 0.25) is 5.54 Å². The van der Waals surface area contributed by atoms with Crippen LogP contribution in [0.4, 0.5) is 0 Å². The Morgan fingerprint density at radius 1 is 0.500 bits per heavy atom. The molecule has 5 heteroatoms. The average Bonchev–Trinajstić information content (AvgIpc) is 2.89. The Bertz CT molecular complexity index is 590. The fourth-order valence-corrected chi connectivity index (χ4v) is 5.28. The summed E-state index contributed by atoms with van der Waals surface area (Å²) >= 11 is 0. The van der Waals surface area contributed by atoms with Crippen molar-refractivity contribution in [2.45, 2.75) is 187 Å². The SMILES string of the molecule is CCCCCCCCCCCCCC(=O)[N+](C)(C(=O)CCCCCCCCCCCCC)C(C)(C)C(=O)O. The van der Waals surface area contributed by atoms with Gasteiger partial charge in [-0.15, -0.1) is 0 Å². The number of carboxylic acid groups (broad SMARTS) is 1. The van der Waals surface area contributed by atoms with Gasteiger partial charge in [-0.1, -0.05) is 142 Å². The summed E-state index contributed by atoms with van der Waals surface area (Å²) < 4.78 is -0.627. The second-order valence-electron chi connectivity index (χ2n) is 12.2. The molecule has 0 aliphatic rings. The maximum Gasteiger partial charge on any atom is 0.366 e. The number of hydrogen-bond donors (Lipinski definition) is 1. The Balaban J connectivity index is 4.42. The van der Waals surface area contributed by atoms with Crippen LogP contribution < -0.4 is 0 Å². The summed E-state index contributed by atoms with van der Waals surface area (Å²) in [4.78, 5) is 38.7. The smallest absolute Gasteiger partial charge is 0.366 e. The minimum Gasteiger partial charge on any atom is -0.477 e. The molecule has 5 nitrogen and oxygen atoms in total. The number of carboxylic acids is 1. The van der Waals surface area contributed by atoms with Crippen molar-refractivity contribution in [3.8, 4) is 0 Å². The summed E-state index contributed by atoms with van der Waals surface area (Å²) in [7, 11) is 1.54. The number of carbonyl (C=O) groups is 3. The molecule has 0 heterocycles. The highest BCUT2D eigenvalue weighted by Gasteiger charge is 2.56. The van der Waals surface area contributed by atoms with Crippen LogP contribution in [-0.2, 0) is 14.4 Å². The summed E-state index contributed by atoms with van der Waals surface area (Å²) in [6.45, 7) is 7.52. The van der Waals surface area contributed by atoms with Gasteiger partial charge in [0, 0.05) is 13.8 Å². The van der Waals surface area contributed by atoms with Gasteiger partial charge in [-0.3, -0.25) is 0 Å². The van der Waals surface area contributed by atoms with Gasteiger partial charge in [-0.05, 0) is 12.8 Å². The number of carbonyl (C=O) groups excluding carboxylic acids is 2. The fraction of sp³-hybridized carbons (Fsp3) is 0.909. The number of amides is 2. The van der Waals surface area contributed by atoms with E-state index in [0.717, 1.165) is 38.5 Å². The van der Waals surface area contributed by atoms with Crippen LogP contribution >= 0.6 is 0 Å². The molecule has 224 valence electrons. The zero-order valence-corrected chi connectivity index (χ0v) is 26.1. The normalized spacial score (nSPS) is 12.1. The van der Waals surface area contributed by atoms with Crippen LogP contribution in [0.5, 0.6) is 0 Å². The van der Waals surface area contributed by atoms with Crippen LogP contribution in [0, 0.1) is 0 Å². The van der Waals surface area contributed by atoms with Crippen molar-refractivity contribution < 1.29 is 24.0 Å². The minimum absolute atomic E-state index is 0.249. The van der Waals surface area contributed by atoms with E-state index in [2.05, 4.69) is 13.8 Å². The maximum absolute atomic E-state index is 13.3. The highest BCUT2D eigenvalue weighted by molar-refractivity contribution is 5.90. The standard InChI is InChI=1S/C33H63NO4/c1-6-8-10-12-14-16-18-20-22-24-26-28-30(35)34(5,33(3,4)32(37)38)31(36)29-27-25-23-21-19-17-15-13-11-9-7-2/h6-29H2,1-5H3/p+1. The van der Waals surface area contributed by atoms with E-state index in [1.54, 1.807) is 0 Å². The van der Waals surface area contributed by atoms with Crippen molar-refractivity contribution in [1.29, 1.82) is 0 Å². The van der Waals surface area contributed by atoms with Gasteiger partial charge in [0.1, 0.15) is 0 Å². The largest absolute Gasteiger partial charge is 0.477 e. The average molecular weight is 539 g/mol. The zero-order chi connectivity index (χ0) is 28.7. The van der Waals surface area contributed by atoms with E-state index in [9.17, 15) is 19.5 Å². The third-order valence-electron chi connectivity index (χ3n) is 8.63. The van der Waals surface area contributed by atoms with Crippen molar-refractivity contribution >= 4 is 17.8 Å². The Morgan fingerprint density at radius 2 is 0.737 bits per heavy atom. The summed E-state index contributed by atoms with van der Waals surface area (Å²) in [5, 5.41) is 9.87. The van der Waals surface area contributed by atoms with E-state index in [1.165, 1.54) is 124 Å². The third-order valence-corrected chi connectivity index (χ3v) is 8.63. The molecule has 0 bridgehead atoms. The lowest BCUT2D eigenvalue weighted by Gasteiger charge is -2.40. The first kappa shape index (κ1) is 36.8. The summed E-state index contributed by atoms with van der Waals surface area (Å²) in [6.07, 6.45) is 26.8. The van der Waals surface area contributed by atoms with Crippen LogP contribution in [0.1, 0.15) is 182 Å². The predicted octanol–water partition coefficient (Wildman–Crippen LogP) is 9.75. The molecule has 0 aromatic heterocycles. The van der Waals surface area contributed by atoms with Crippen molar-refractivity contribution in [3.05, 3.63) is 0 Å². The zero-order valence-electron chi connectivity index (χ0n) is 26.1. The van der Waals surface area contributed by atoms with Gasteiger partial charge < -0.3 is 5.11 Å². The number of unbranched alkanes of at least 4 members (excludes halogenated alkanes) is 20. The molecule has 0 atom stereocenters. The second kappa shape index (κ2) is 22.6. The molecule has 0 saturated heterocycles. The Labute approximate surface area is 236 Å². The van der Waals surface area contributed by atoms with E-state index >= 15 is 0 Å². The summed E-state index contributed by atoms with van der Waals surface area (Å²) in [5.74, 6) is -1.60. The monoisotopic (exact) mass is 538 g/mol. The topological polar surface area (TPSA) is 71.4 Å². The number of likely N-dealkylation sites (N-methyl/N-ethyl adjacent to an activating group) is 1. The summed E-state index contributed by atoms with van der Waals surface area (Å²) in [5.41, 5.74) is -1.47. The molecule has 0 unspecified atom stereocenters. The predicted molar refractivity (Wildman–Crippen MR) is 160 cm³/mol. The fourth-order valence-electron chi connectivity index (χ4n) is 5.28. The van der Waals surface area contributed by atoms with Gasteiger partial charge >= 0.3 is 17.8 Å². The van der Waals surface area contributed by atoms with E-state index in [-0.39, 0.29) is 24.7 Å². The lowest BCUT2D eigenvalue weighted by molar-refractivity contribution is -0.801. The highest BCUT2D eigenvalue weighted by Crippen LogP contribution is 2.28. The Morgan fingerprint density at radius 3 is 0.974 bits per heavy atom. The quantitative estimate of drug-likeness (QED) is 0.0878. The molecular formula is C33H64NO4+. The van der Waals surface area contributed by atoms with Crippen LogP contribution in [0.3, 0.4) is 0 Å². The van der Waals surface area contributed by atoms with E-state index in [0.29, 0.717) is 0 Å². The molecule has 38 heavy (non-hydrogen) atoms. The lowest BCUT2D eigenvalue weighted by atomic mass is 9.96. The molecule has 1 N–H and O–H groups in total. The van der Waals surface area contributed by atoms with Gasteiger partial charge in [0.15, 0.2) is 0 Å². The number of quaternary nitrogens is 1. The van der Waals surface area contributed by atoms with Crippen molar-refractivity contribution in [3.63, 3.8) is 0 Å². The molecule has 0 spiro atoms. The first-order valence-electron chi connectivity index (χ1n) is 16.3. The molecule has 0 fully saturated rings. The van der Waals surface area contributed by atoms with Gasteiger partial charge in [-0.25, -0.2) is 14.4 Å². The van der Waals surface area contributed by atoms with Crippen LogP contribution in [-0.4, -0.2) is 40.0 Å². The van der Waals surface area contributed by atoms with Crippen LogP contribution in [0.2, 0.25) is 0 Å². The second-order valence-corrected chi connectivity index (χ2v) is 12.2. The number of rotatable bonds is 26. The first-order chi connectivity index (χ1) is 18.2. The van der Waals surface area contributed by atoms with Crippen LogP contribution in [0.25, 0.3) is 0 Å². The molecule has 0 saturated carbocycles. The number of hydrogen-bond acceptors (Lipinski definition) is 3. The number of imide groups is 1. The first-order valence-corrected chi connectivity index (χ1v) is 16.3. The molecule has 0 rings (SSSR count). The Hall–Kier alpha value is -1.23. The van der Waals surface area contributed by atoms with Crippen molar-refractivity contribution in [2.24, 2.45) is 0 Å². The van der Waals surface area contributed by atoms with E-state index < -0.39 is 16.0 Å². The van der Waals surface area contributed by atoms with Gasteiger partial charge in [0.25, 0.3) is 0 Å². The van der Waals surface area contributed by atoms with Gasteiger partial charge in [0.05, 0.1) is 19.9 Å². The highest BCUT2D eigenvalue weighted by atomic mass is 16.4. The Kier molecular flexibility index (Phi) is 21.8. The lowest BCUT2D eigenvalue weighted by Crippen LogP contribution is -2.68. The molecule has 0 radical (unpaired) electrons. The van der Waals surface area contributed by atoms with E-state index in [4.69, 9.17) is 0 Å². The maximum atomic E-state index is 13.3. The molecule has 0 aromatic rings. The van der Waals surface area contributed by atoms with Crippen molar-refractivity contribution in [1.82, 2.24) is 0 Å². The van der Waals surface area contributed by atoms with Gasteiger partial charge in [-0.2, -0.15) is 4.48 Å². The van der Waals surface area contributed by atoms with E-state index in [1.807, 2.05) is 0 Å². The molecule has 2 amide bonds. The molecule has 0 aromatic carbocycles. The minimum atomic E-state index is -1.47. The number of aliphatic carboxylic acids is 1. The molecule has 0 aliphatic heterocycles. The molecule has 0 aliphatic carbocycles.